The van der Waals surface area contributed by atoms with Gasteiger partial charge in [-0.2, -0.15) is 0 Å². The molecule has 1 aliphatic rings. The van der Waals surface area contributed by atoms with E-state index in [1.165, 1.54) is 0 Å². The zero-order valence-electron chi connectivity index (χ0n) is 13.0. The molecule has 0 aromatic heterocycles. The second kappa shape index (κ2) is 8.12. The summed E-state index contributed by atoms with van der Waals surface area (Å²) in [5.41, 5.74) is 1.65. The summed E-state index contributed by atoms with van der Waals surface area (Å²) in [7, 11) is 0. The van der Waals surface area contributed by atoms with E-state index in [1.807, 2.05) is 31.2 Å². The van der Waals surface area contributed by atoms with Gasteiger partial charge in [-0.15, -0.1) is 0 Å². The fourth-order valence-electron chi connectivity index (χ4n) is 2.32. The maximum absolute atomic E-state index is 12.4. The Hall–Kier alpha value is -1.86. The molecule has 0 saturated heterocycles. The van der Waals surface area contributed by atoms with Crippen molar-refractivity contribution in [1.29, 1.82) is 0 Å². The molecule has 1 aliphatic heterocycles. The van der Waals surface area contributed by atoms with E-state index in [0.29, 0.717) is 24.5 Å². The Kier molecular flexibility index (Phi) is 6.18. The van der Waals surface area contributed by atoms with Crippen molar-refractivity contribution in [3.05, 3.63) is 45.6 Å². The number of benzene rings is 1. The summed E-state index contributed by atoms with van der Waals surface area (Å²) in [6.07, 6.45) is 0. The lowest BCUT2D eigenvalue weighted by Gasteiger charge is -2.28. The van der Waals surface area contributed by atoms with Gasteiger partial charge in [0.15, 0.2) is 0 Å². The molecule has 1 unspecified atom stereocenters. The Morgan fingerprint density at radius 2 is 2.04 bits per heavy atom. The molecule has 0 radical (unpaired) electrons. The summed E-state index contributed by atoms with van der Waals surface area (Å²) in [4.78, 5) is 24.2. The zero-order valence-corrected chi connectivity index (χ0v) is 14.6. The van der Waals surface area contributed by atoms with Gasteiger partial charge in [-0.3, -0.25) is 0 Å². The first kappa shape index (κ1) is 17.5. The summed E-state index contributed by atoms with van der Waals surface area (Å²) < 4.78 is 11.2. The van der Waals surface area contributed by atoms with Crippen molar-refractivity contribution in [3.8, 4) is 0 Å². The summed E-state index contributed by atoms with van der Waals surface area (Å²) >= 11 is 3.46. The topological polar surface area (TPSA) is 76.7 Å². The first-order valence-corrected chi connectivity index (χ1v) is 8.11. The molecular weight excluding hydrogens is 364 g/mol. The predicted octanol–water partition coefficient (Wildman–Crippen LogP) is 2.66. The molecule has 0 spiro atoms. The molecule has 1 aromatic rings. The molecule has 7 heteroatoms. The van der Waals surface area contributed by atoms with Crippen LogP contribution in [-0.2, 0) is 14.3 Å². The quantitative estimate of drug-likeness (QED) is 0.585. The standard InChI is InChI=1S/C16H19BrN2O4/c1-3-22-8-9-23-15(20)13-10(2)18-16(21)19-14(13)11-6-4-5-7-12(11)17/h4-7,14H,3,8-9H2,1-2H3,(H2,18,19,21). The fourth-order valence-corrected chi connectivity index (χ4v) is 2.84. The minimum atomic E-state index is -0.570. The lowest BCUT2D eigenvalue weighted by atomic mass is 9.95. The van der Waals surface area contributed by atoms with Crippen LogP contribution in [0.5, 0.6) is 0 Å². The third kappa shape index (κ3) is 4.33. The average molecular weight is 383 g/mol. The molecule has 23 heavy (non-hydrogen) atoms. The molecule has 0 fully saturated rings. The number of rotatable bonds is 6. The number of nitrogens with one attached hydrogen (secondary N) is 2. The van der Waals surface area contributed by atoms with Crippen LogP contribution in [0.25, 0.3) is 0 Å². The van der Waals surface area contributed by atoms with Gasteiger partial charge in [-0.05, 0) is 25.5 Å². The van der Waals surface area contributed by atoms with Crippen molar-refractivity contribution >= 4 is 27.9 Å². The lowest BCUT2D eigenvalue weighted by Crippen LogP contribution is -2.45. The van der Waals surface area contributed by atoms with Crippen molar-refractivity contribution in [2.45, 2.75) is 19.9 Å². The number of carbonyl (C=O) groups excluding carboxylic acids is 2. The second-order valence-corrected chi connectivity index (χ2v) is 5.78. The van der Waals surface area contributed by atoms with E-state index in [0.717, 1.165) is 10.0 Å². The highest BCUT2D eigenvalue weighted by molar-refractivity contribution is 9.10. The van der Waals surface area contributed by atoms with E-state index in [9.17, 15) is 9.59 Å². The number of carbonyl (C=O) groups is 2. The normalized spacial score (nSPS) is 17.5. The van der Waals surface area contributed by atoms with Crippen LogP contribution in [0, 0.1) is 0 Å². The number of hydrogen-bond donors (Lipinski definition) is 2. The van der Waals surface area contributed by atoms with Crippen LogP contribution < -0.4 is 10.6 Å². The van der Waals surface area contributed by atoms with Gasteiger partial charge in [0, 0.05) is 16.8 Å². The SMILES string of the molecule is CCOCCOC(=O)C1=C(C)NC(=O)NC1c1ccccc1Br. The molecule has 2 amide bonds. The van der Waals surface area contributed by atoms with Crippen LogP contribution in [-0.4, -0.2) is 31.8 Å². The van der Waals surface area contributed by atoms with E-state index in [4.69, 9.17) is 9.47 Å². The highest BCUT2D eigenvalue weighted by Gasteiger charge is 2.33. The second-order valence-electron chi connectivity index (χ2n) is 4.92. The summed E-state index contributed by atoms with van der Waals surface area (Å²) in [5.74, 6) is -0.476. The van der Waals surface area contributed by atoms with Crippen molar-refractivity contribution in [1.82, 2.24) is 10.6 Å². The Balaban J connectivity index is 2.25. The monoisotopic (exact) mass is 382 g/mol. The Bertz CT molecular complexity index is 630. The summed E-state index contributed by atoms with van der Waals surface area (Å²) in [5, 5.41) is 5.38. The van der Waals surface area contributed by atoms with Crippen LogP contribution in [0.15, 0.2) is 40.0 Å². The molecular formula is C16H19BrN2O4. The molecule has 0 saturated carbocycles. The molecule has 6 nitrogen and oxygen atoms in total. The van der Waals surface area contributed by atoms with Crippen molar-refractivity contribution in [3.63, 3.8) is 0 Å². The van der Waals surface area contributed by atoms with Gasteiger partial charge in [0.25, 0.3) is 0 Å². The molecule has 2 rings (SSSR count). The van der Waals surface area contributed by atoms with Crippen LogP contribution in [0.3, 0.4) is 0 Å². The van der Waals surface area contributed by atoms with Gasteiger partial charge in [0.05, 0.1) is 18.2 Å². The van der Waals surface area contributed by atoms with E-state index in [2.05, 4.69) is 26.6 Å². The summed E-state index contributed by atoms with van der Waals surface area (Å²) in [6, 6.07) is 6.50. The Morgan fingerprint density at radius 3 is 2.74 bits per heavy atom. The van der Waals surface area contributed by atoms with Crippen molar-refractivity contribution < 1.29 is 19.1 Å². The van der Waals surface area contributed by atoms with Crippen LogP contribution in [0.2, 0.25) is 0 Å². The third-order valence-electron chi connectivity index (χ3n) is 3.37. The van der Waals surface area contributed by atoms with E-state index >= 15 is 0 Å². The number of amides is 2. The summed E-state index contributed by atoms with van der Waals surface area (Å²) in [6.45, 7) is 4.63. The number of ether oxygens (including phenoxy) is 2. The maximum Gasteiger partial charge on any atom is 0.338 e. The zero-order chi connectivity index (χ0) is 16.8. The highest BCUT2D eigenvalue weighted by Crippen LogP contribution is 2.32. The fraction of sp³-hybridized carbons (Fsp3) is 0.375. The van der Waals surface area contributed by atoms with Crippen LogP contribution in [0.4, 0.5) is 4.79 Å². The largest absolute Gasteiger partial charge is 0.460 e. The maximum atomic E-state index is 12.4. The Morgan fingerprint density at radius 1 is 1.30 bits per heavy atom. The first-order valence-electron chi connectivity index (χ1n) is 7.32. The van der Waals surface area contributed by atoms with Crippen LogP contribution in [0.1, 0.15) is 25.5 Å². The van der Waals surface area contributed by atoms with Gasteiger partial charge in [0.1, 0.15) is 6.61 Å². The number of allylic oxidation sites excluding steroid dienone is 1. The van der Waals surface area contributed by atoms with Gasteiger partial charge in [-0.1, -0.05) is 34.1 Å². The molecule has 1 atom stereocenters. The molecule has 124 valence electrons. The van der Waals surface area contributed by atoms with E-state index < -0.39 is 12.0 Å². The average Bonchev–Trinajstić information content (AvgIpc) is 2.51. The molecule has 0 aliphatic carbocycles. The third-order valence-corrected chi connectivity index (χ3v) is 4.09. The van der Waals surface area contributed by atoms with Crippen molar-refractivity contribution in [2.24, 2.45) is 0 Å². The molecule has 1 heterocycles. The van der Waals surface area contributed by atoms with Gasteiger partial charge < -0.3 is 20.1 Å². The Labute approximate surface area is 143 Å². The first-order chi connectivity index (χ1) is 11.0. The molecule has 0 bridgehead atoms. The van der Waals surface area contributed by atoms with Gasteiger partial charge in [-0.25, -0.2) is 9.59 Å². The van der Waals surface area contributed by atoms with E-state index in [-0.39, 0.29) is 12.6 Å². The van der Waals surface area contributed by atoms with Crippen molar-refractivity contribution in [2.75, 3.05) is 19.8 Å². The highest BCUT2D eigenvalue weighted by atomic mass is 79.9. The molecule has 1 aromatic carbocycles. The van der Waals surface area contributed by atoms with E-state index in [1.54, 1.807) is 6.92 Å². The lowest BCUT2D eigenvalue weighted by molar-refractivity contribution is -0.141. The number of hydrogen-bond acceptors (Lipinski definition) is 4. The predicted molar refractivity (Wildman–Crippen MR) is 88.7 cm³/mol. The minimum Gasteiger partial charge on any atom is -0.460 e. The number of urea groups is 1. The van der Waals surface area contributed by atoms with Gasteiger partial charge >= 0.3 is 12.0 Å². The van der Waals surface area contributed by atoms with Crippen LogP contribution >= 0.6 is 15.9 Å². The van der Waals surface area contributed by atoms with Gasteiger partial charge in [0.2, 0.25) is 0 Å². The molecule has 2 N–H and O–H groups in total. The smallest absolute Gasteiger partial charge is 0.338 e. The number of halogens is 1. The minimum absolute atomic E-state index is 0.167. The number of esters is 1.